The van der Waals surface area contributed by atoms with Crippen molar-refractivity contribution >= 4 is 0 Å². The lowest BCUT2D eigenvalue weighted by Crippen LogP contribution is -2.20. The van der Waals surface area contributed by atoms with E-state index in [1.165, 1.54) is 22.3 Å². The number of hydrogen-bond acceptors (Lipinski definition) is 3. The van der Waals surface area contributed by atoms with Crippen LogP contribution in [0.5, 0.6) is 5.75 Å². The van der Waals surface area contributed by atoms with Gasteiger partial charge in [-0.1, -0.05) is 0 Å². The summed E-state index contributed by atoms with van der Waals surface area (Å²) in [5.74, 6) is 0.974. The largest absolute Gasteiger partial charge is 0.496 e. The van der Waals surface area contributed by atoms with Gasteiger partial charge >= 0.3 is 0 Å². The van der Waals surface area contributed by atoms with Crippen molar-refractivity contribution in [3.63, 3.8) is 0 Å². The smallest absolute Gasteiger partial charge is 0.122 e. The van der Waals surface area contributed by atoms with Gasteiger partial charge in [0.2, 0.25) is 0 Å². The van der Waals surface area contributed by atoms with E-state index in [1.807, 2.05) is 0 Å². The molecule has 0 aliphatic heterocycles. The van der Waals surface area contributed by atoms with Crippen LogP contribution in [0.1, 0.15) is 28.7 Å². The highest BCUT2D eigenvalue weighted by Gasteiger charge is 2.10. The van der Waals surface area contributed by atoms with Crippen molar-refractivity contribution in [2.24, 2.45) is 0 Å². The van der Waals surface area contributed by atoms with Crippen LogP contribution < -0.4 is 10.1 Å². The molecule has 0 amide bonds. The van der Waals surface area contributed by atoms with Crippen LogP contribution in [-0.2, 0) is 6.42 Å². The molecular weight excluding hydrogens is 226 g/mol. The molecule has 0 aliphatic rings. The van der Waals surface area contributed by atoms with E-state index in [1.54, 1.807) is 7.11 Å². The molecule has 1 rings (SSSR count). The summed E-state index contributed by atoms with van der Waals surface area (Å²) >= 11 is 0. The molecule has 0 unspecified atom stereocenters. The predicted molar refractivity (Wildman–Crippen MR) is 75.5 cm³/mol. The second kappa shape index (κ2) is 7.39. The Bertz CT molecular complexity index is 389. The summed E-state index contributed by atoms with van der Waals surface area (Å²) in [6.07, 6.45) is 1.84. The van der Waals surface area contributed by atoms with Crippen molar-refractivity contribution < 1.29 is 9.84 Å². The van der Waals surface area contributed by atoms with E-state index in [2.05, 4.69) is 32.2 Å². The first-order valence-corrected chi connectivity index (χ1v) is 6.57. The van der Waals surface area contributed by atoms with E-state index in [4.69, 9.17) is 9.84 Å². The molecular formula is C15H25NO2. The van der Waals surface area contributed by atoms with Crippen LogP contribution in [0, 0.1) is 20.8 Å². The van der Waals surface area contributed by atoms with Gasteiger partial charge in [-0.25, -0.2) is 0 Å². The van der Waals surface area contributed by atoms with Gasteiger partial charge < -0.3 is 15.2 Å². The molecule has 0 aliphatic carbocycles. The highest BCUT2D eigenvalue weighted by Crippen LogP contribution is 2.27. The van der Waals surface area contributed by atoms with Crippen molar-refractivity contribution in [3.05, 3.63) is 28.3 Å². The average molecular weight is 251 g/mol. The van der Waals surface area contributed by atoms with Crippen molar-refractivity contribution in [1.29, 1.82) is 0 Å². The SMILES string of the molecule is COc1cc(C)c(CCNCCCO)c(C)c1C. The molecule has 1 aromatic rings. The molecule has 0 saturated heterocycles. The average Bonchev–Trinajstić information content (AvgIpc) is 2.37. The molecule has 0 bridgehead atoms. The molecule has 102 valence electrons. The zero-order valence-corrected chi connectivity index (χ0v) is 12.0. The summed E-state index contributed by atoms with van der Waals surface area (Å²) in [5, 5.41) is 12.1. The fraction of sp³-hybridized carbons (Fsp3) is 0.600. The van der Waals surface area contributed by atoms with Crippen molar-refractivity contribution in [3.8, 4) is 5.75 Å². The lowest BCUT2D eigenvalue weighted by molar-refractivity contribution is 0.286. The van der Waals surface area contributed by atoms with Gasteiger partial charge in [-0.3, -0.25) is 0 Å². The maximum Gasteiger partial charge on any atom is 0.122 e. The first kappa shape index (κ1) is 15.0. The van der Waals surface area contributed by atoms with Gasteiger partial charge in [0.05, 0.1) is 7.11 Å². The number of benzene rings is 1. The molecule has 0 heterocycles. The summed E-state index contributed by atoms with van der Waals surface area (Å²) in [7, 11) is 1.72. The normalized spacial score (nSPS) is 10.7. The van der Waals surface area contributed by atoms with Crippen LogP contribution in [0.3, 0.4) is 0 Å². The molecule has 0 atom stereocenters. The minimum Gasteiger partial charge on any atom is -0.496 e. The van der Waals surface area contributed by atoms with Crippen LogP contribution in [0.4, 0.5) is 0 Å². The monoisotopic (exact) mass is 251 g/mol. The van der Waals surface area contributed by atoms with Gasteiger partial charge in [0.1, 0.15) is 5.75 Å². The third-order valence-corrected chi connectivity index (χ3v) is 3.49. The molecule has 3 nitrogen and oxygen atoms in total. The van der Waals surface area contributed by atoms with Gasteiger partial charge in [-0.15, -0.1) is 0 Å². The highest BCUT2D eigenvalue weighted by atomic mass is 16.5. The van der Waals surface area contributed by atoms with E-state index in [0.29, 0.717) is 0 Å². The van der Waals surface area contributed by atoms with Gasteiger partial charge in [-0.05, 0) is 75.0 Å². The van der Waals surface area contributed by atoms with Crippen molar-refractivity contribution in [2.45, 2.75) is 33.6 Å². The lowest BCUT2D eigenvalue weighted by Gasteiger charge is -2.16. The zero-order chi connectivity index (χ0) is 13.5. The standard InChI is InChI=1S/C15H25NO2/c1-11-10-15(18-4)13(3)12(2)14(11)6-8-16-7-5-9-17/h10,16-17H,5-9H2,1-4H3. The Labute approximate surface area is 110 Å². The first-order valence-electron chi connectivity index (χ1n) is 6.57. The van der Waals surface area contributed by atoms with Gasteiger partial charge in [0, 0.05) is 6.61 Å². The number of aryl methyl sites for hydroxylation is 1. The van der Waals surface area contributed by atoms with Crippen LogP contribution >= 0.6 is 0 Å². The highest BCUT2D eigenvalue weighted by molar-refractivity contribution is 5.48. The van der Waals surface area contributed by atoms with Crippen LogP contribution in [0.25, 0.3) is 0 Å². The number of aliphatic hydroxyl groups excluding tert-OH is 1. The minimum atomic E-state index is 0.257. The Balaban J connectivity index is 2.68. The fourth-order valence-corrected chi connectivity index (χ4v) is 2.24. The number of rotatable bonds is 7. The quantitative estimate of drug-likeness (QED) is 0.730. The van der Waals surface area contributed by atoms with E-state index in [9.17, 15) is 0 Å². The maximum atomic E-state index is 8.71. The topological polar surface area (TPSA) is 41.5 Å². The number of aliphatic hydroxyl groups is 1. The molecule has 0 spiro atoms. The number of hydrogen-bond donors (Lipinski definition) is 2. The Morgan fingerprint density at radius 2 is 1.89 bits per heavy atom. The minimum absolute atomic E-state index is 0.257. The third kappa shape index (κ3) is 3.72. The van der Waals surface area contributed by atoms with E-state index in [-0.39, 0.29) is 6.61 Å². The Morgan fingerprint density at radius 1 is 1.17 bits per heavy atom. The molecule has 1 aromatic carbocycles. The summed E-state index contributed by atoms with van der Waals surface area (Å²) in [4.78, 5) is 0. The maximum absolute atomic E-state index is 8.71. The second-order valence-corrected chi connectivity index (χ2v) is 4.70. The molecule has 0 aromatic heterocycles. The molecule has 0 fully saturated rings. The fourth-order valence-electron chi connectivity index (χ4n) is 2.24. The number of nitrogens with one attached hydrogen (secondary N) is 1. The summed E-state index contributed by atoms with van der Waals surface area (Å²) in [6.45, 7) is 8.49. The second-order valence-electron chi connectivity index (χ2n) is 4.70. The zero-order valence-electron chi connectivity index (χ0n) is 12.0. The summed E-state index contributed by atoms with van der Waals surface area (Å²) in [6, 6.07) is 2.12. The first-order chi connectivity index (χ1) is 8.61. The van der Waals surface area contributed by atoms with E-state index >= 15 is 0 Å². The number of ether oxygens (including phenoxy) is 1. The lowest BCUT2D eigenvalue weighted by atomic mass is 9.95. The summed E-state index contributed by atoms with van der Waals surface area (Å²) in [5.41, 5.74) is 5.26. The molecule has 0 radical (unpaired) electrons. The summed E-state index contributed by atoms with van der Waals surface area (Å²) < 4.78 is 5.38. The van der Waals surface area contributed by atoms with Gasteiger partial charge in [0.15, 0.2) is 0 Å². The van der Waals surface area contributed by atoms with Crippen molar-refractivity contribution in [2.75, 3.05) is 26.8 Å². The number of methoxy groups -OCH3 is 1. The van der Waals surface area contributed by atoms with Crippen molar-refractivity contribution in [1.82, 2.24) is 5.32 Å². The molecule has 0 saturated carbocycles. The molecule has 3 heteroatoms. The molecule has 2 N–H and O–H groups in total. The third-order valence-electron chi connectivity index (χ3n) is 3.49. The Hall–Kier alpha value is -1.06. The van der Waals surface area contributed by atoms with Gasteiger partial charge in [-0.2, -0.15) is 0 Å². The van der Waals surface area contributed by atoms with Gasteiger partial charge in [0.25, 0.3) is 0 Å². The van der Waals surface area contributed by atoms with Crippen LogP contribution in [0.2, 0.25) is 0 Å². The predicted octanol–water partition coefficient (Wildman–Crippen LogP) is 2.13. The van der Waals surface area contributed by atoms with E-state index in [0.717, 1.165) is 31.7 Å². The van der Waals surface area contributed by atoms with E-state index < -0.39 is 0 Å². The van der Waals surface area contributed by atoms with Crippen LogP contribution in [-0.4, -0.2) is 31.9 Å². The Kier molecular flexibility index (Phi) is 6.16. The molecule has 18 heavy (non-hydrogen) atoms. The van der Waals surface area contributed by atoms with Crippen LogP contribution in [0.15, 0.2) is 6.07 Å². The Morgan fingerprint density at radius 3 is 2.50 bits per heavy atom.